The predicted octanol–water partition coefficient (Wildman–Crippen LogP) is 3.70. The van der Waals surface area contributed by atoms with Gasteiger partial charge in [-0.25, -0.2) is 0 Å². The van der Waals surface area contributed by atoms with Crippen molar-refractivity contribution in [1.82, 2.24) is 0 Å². The Labute approximate surface area is 135 Å². The number of fused-ring (bicyclic) bond motifs is 1. The second kappa shape index (κ2) is 6.24. The van der Waals surface area contributed by atoms with Crippen LogP contribution in [-0.4, -0.2) is 18.3 Å². The van der Waals surface area contributed by atoms with E-state index in [4.69, 9.17) is 4.74 Å². The molecule has 1 N–H and O–H groups in total. The van der Waals surface area contributed by atoms with E-state index >= 15 is 0 Å². The van der Waals surface area contributed by atoms with Gasteiger partial charge in [-0.3, -0.25) is 9.59 Å². The van der Waals surface area contributed by atoms with Crippen molar-refractivity contribution in [2.75, 3.05) is 11.9 Å². The quantitative estimate of drug-likeness (QED) is 0.937. The lowest BCUT2D eigenvalue weighted by Gasteiger charge is -2.13. The smallest absolute Gasteiger partial charge is 0.262 e. The second-order valence-corrected chi connectivity index (χ2v) is 5.90. The van der Waals surface area contributed by atoms with Gasteiger partial charge in [0.25, 0.3) is 5.91 Å². The summed E-state index contributed by atoms with van der Waals surface area (Å²) in [6.45, 7) is 3.93. The number of amides is 1. The molecule has 1 atom stereocenters. The fourth-order valence-corrected chi connectivity index (χ4v) is 3.09. The summed E-state index contributed by atoms with van der Waals surface area (Å²) < 4.78 is 5.62. The van der Waals surface area contributed by atoms with Crippen LogP contribution in [0.1, 0.15) is 40.7 Å². The number of carbonyl (C=O) groups excluding carboxylic acids is 2. The number of hydrogen-bond donors (Lipinski definition) is 1. The zero-order valence-corrected chi connectivity index (χ0v) is 13.3. The number of Topliss-reactive ketones (excluding diaryl/α,β-unsaturated/α-hetero) is 1. The Morgan fingerprint density at radius 3 is 2.70 bits per heavy atom. The van der Waals surface area contributed by atoms with Gasteiger partial charge in [-0.15, -0.1) is 0 Å². The fraction of sp³-hybridized carbons (Fsp3) is 0.263. The summed E-state index contributed by atoms with van der Waals surface area (Å²) in [5, 5.41) is 2.76. The van der Waals surface area contributed by atoms with E-state index in [0.717, 1.165) is 16.8 Å². The molecule has 0 saturated heterocycles. The number of ether oxygens (including phenoxy) is 1. The average Bonchev–Trinajstić information content (AvgIpc) is 2.84. The van der Waals surface area contributed by atoms with E-state index < -0.39 is 0 Å². The molecular formula is C19H19NO3. The number of nitrogens with one attached hydrogen (secondary N) is 1. The Morgan fingerprint density at radius 2 is 1.96 bits per heavy atom. The van der Waals surface area contributed by atoms with Gasteiger partial charge in [0, 0.05) is 12.1 Å². The molecule has 4 heteroatoms. The van der Waals surface area contributed by atoms with Gasteiger partial charge in [-0.2, -0.15) is 0 Å². The van der Waals surface area contributed by atoms with Crippen LogP contribution >= 0.6 is 0 Å². The standard InChI is InChI=1S/C19H19NO3/c1-12-8-9-16(19-15(21)10-13(2)18(12)19)23-11-17(22)20-14-6-4-3-5-7-14/h3-9,13H,10-11H2,1-2H3,(H,20,22). The van der Waals surface area contributed by atoms with Crippen molar-refractivity contribution in [3.63, 3.8) is 0 Å². The molecule has 1 amide bonds. The lowest BCUT2D eigenvalue weighted by molar-refractivity contribution is -0.118. The van der Waals surface area contributed by atoms with Crippen molar-refractivity contribution in [3.05, 3.63) is 59.2 Å². The van der Waals surface area contributed by atoms with Gasteiger partial charge in [0.2, 0.25) is 0 Å². The Kier molecular flexibility index (Phi) is 4.15. The lowest BCUT2D eigenvalue weighted by atomic mass is 9.97. The minimum absolute atomic E-state index is 0.0923. The first-order valence-corrected chi connectivity index (χ1v) is 7.70. The number of anilines is 1. The fourth-order valence-electron chi connectivity index (χ4n) is 3.09. The van der Waals surface area contributed by atoms with Crippen LogP contribution in [0, 0.1) is 6.92 Å². The van der Waals surface area contributed by atoms with E-state index in [1.807, 2.05) is 50.2 Å². The molecule has 1 unspecified atom stereocenters. The van der Waals surface area contributed by atoms with Crippen LogP contribution in [0.5, 0.6) is 5.75 Å². The third-order valence-corrected chi connectivity index (χ3v) is 4.10. The zero-order valence-electron chi connectivity index (χ0n) is 13.3. The minimum Gasteiger partial charge on any atom is -0.483 e. The molecule has 0 spiro atoms. The number of rotatable bonds is 4. The number of hydrogen-bond acceptors (Lipinski definition) is 3. The van der Waals surface area contributed by atoms with Crippen LogP contribution in [0.25, 0.3) is 0 Å². The normalized spacial score (nSPS) is 16.1. The average molecular weight is 309 g/mol. The Hall–Kier alpha value is -2.62. The van der Waals surface area contributed by atoms with Crippen molar-refractivity contribution >= 4 is 17.4 Å². The van der Waals surface area contributed by atoms with Crippen LogP contribution in [0.15, 0.2) is 42.5 Å². The van der Waals surface area contributed by atoms with Crippen molar-refractivity contribution in [2.45, 2.75) is 26.2 Å². The third kappa shape index (κ3) is 3.11. The summed E-state index contributed by atoms with van der Waals surface area (Å²) in [6.07, 6.45) is 0.507. The third-order valence-electron chi connectivity index (χ3n) is 4.10. The summed E-state index contributed by atoms with van der Waals surface area (Å²) in [7, 11) is 0. The first kappa shape index (κ1) is 15.3. The van der Waals surface area contributed by atoms with Gasteiger partial charge in [0.1, 0.15) is 5.75 Å². The van der Waals surface area contributed by atoms with Crippen molar-refractivity contribution < 1.29 is 14.3 Å². The highest BCUT2D eigenvalue weighted by Gasteiger charge is 2.31. The number of ketones is 1. The molecule has 4 nitrogen and oxygen atoms in total. The molecule has 0 aliphatic heterocycles. The second-order valence-electron chi connectivity index (χ2n) is 5.90. The maximum atomic E-state index is 12.2. The van der Waals surface area contributed by atoms with E-state index in [0.29, 0.717) is 17.7 Å². The molecule has 118 valence electrons. The maximum Gasteiger partial charge on any atom is 0.262 e. The molecule has 23 heavy (non-hydrogen) atoms. The van der Waals surface area contributed by atoms with Gasteiger partial charge in [0.05, 0.1) is 5.56 Å². The van der Waals surface area contributed by atoms with Crippen LogP contribution in [-0.2, 0) is 4.79 Å². The Balaban J connectivity index is 1.72. The summed E-state index contributed by atoms with van der Waals surface area (Å²) >= 11 is 0. The molecule has 1 aliphatic carbocycles. The maximum absolute atomic E-state index is 12.2. The summed E-state index contributed by atoms with van der Waals surface area (Å²) in [5.74, 6) is 0.557. The van der Waals surface area contributed by atoms with Gasteiger partial charge in [-0.1, -0.05) is 31.2 Å². The van der Waals surface area contributed by atoms with Crippen molar-refractivity contribution in [1.29, 1.82) is 0 Å². The largest absolute Gasteiger partial charge is 0.483 e. The van der Waals surface area contributed by atoms with Gasteiger partial charge >= 0.3 is 0 Å². The van der Waals surface area contributed by atoms with Crippen LogP contribution in [0.3, 0.4) is 0 Å². The Bertz CT molecular complexity index is 753. The van der Waals surface area contributed by atoms with Gasteiger partial charge in [-0.05, 0) is 42.2 Å². The molecule has 2 aromatic rings. The highest BCUT2D eigenvalue weighted by molar-refractivity contribution is 6.04. The number of aryl methyl sites for hydroxylation is 1. The Morgan fingerprint density at radius 1 is 1.22 bits per heavy atom. The summed E-state index contributed by atoms with van der Waals surface area (Å²) in [4.78, 5) is 24.2. The minimum atomic E-state index is -0.246. The van der Waals surface area contributed by atoms with E-state index in [1.165, 1.54) is 0 Å². The van der Waals surface area contributed by atoms with Crippen molar-refractivity contribution in [2.24, 2.45) is 0 Å². The number of para-hydroxylation sites is 1. The lowest BCUT2D eigenvalue weighted by Crippen LogP contribution is -2.20. The highest BCUT2D eigenvalue weighted by atomic mass is 16.5. The molecule has 3 rings (SSSR count). The predicted molar refractivity (Wildman–Crippen MR) is 89.1 cm³/mol. The number of benzene rings is 2. The molecule has 2 aromatic carbocycles. The molecule has 0 radical (unpaired) electrons. The van der Waals surface area contributed by atoms with E-state index in [9.17, 15) is 9.59 Å². The SMILES string of the molecule is Cc1ccc(OCC(=O)Nc2ccccc2)c2c1C(C)CC2=O. The van der Waals surface area contributed by atoms with Crippen LogP contribution in [0.4, 0.5) is 5.69 Å². The first-order chi connectivity index (χ1) is 11.1. The van der Waals surface area contributed by atoms with Crippen LogP contribution < -0.4 is 10.1 Å². The van der Waals surface area contributed by atoms with Gasteiger partial charge < -0.3 is 10.1 Å². The van der Waals surface area contributed by atoms with Gasteiger partial charge in [0.15, 0.2) is 12.4 Å². The molecule has 0 fully saturated rings. The summed E-state index contributed by atoms with van der Waals surface area (Å²) in [6, 6.07) is 12.9. The zero-order chi connectivity index (χ0) is 16.4. The molecule has 0 aromatic heterocycles. The molecular weight excluding hydrogens is 290 g/mol. The van der Waals surface area contributed by atoms with E-state index in [1.54, 1.807) is 6.07 Å². The number of carbonyl (C=O) groups is 2. The monoisotopic (exact) mass is 309 g/mol. The molecule has 0 heterocycles. The highest BCUT2D eigenvalue weighted by Crippen LogP contribution is 2.40. The topological polar surface area (TPSA) is 55.4 Å². The molecule has 1 aliphatic rings. The van der Waals surface area contributed by atoms with Crippen LogP contribution in [0.2, 0.25) is 0 Å². The molecule has 0 bridgehead atoms. The summed E-state index contributed by atoms with van der Waals surface area (Å²) in [5.41, 5.74) is 3.51. The molecule has 0 saturated carbocycles. The van der Waals surface area contributed by atoms with E-state index in [-0.39, 0.29) is 24.2 Å². The van der Waals surface area contributed by atoms with Crippen molar-refractivity contribution in [3.8, 4) is 5.75 Å². The first-order valence-electron chi connectivity index (χ1n) is 7.70. The van der Waals surface area contributed by atoms with E-state index in [2.05, 4.69) is 5.32 Å².